The van der Waals surface area contributed by atoms with Gasteiger partial charge in [0.05, 0.1) is 5.56 Å². The number of fused-ring (bicyclic) bond motifs is 1. The Morgan fingerprint density at radius 3 is 2.57 bits per heavy atom. The second-order valence-electron chi connectivity index (χ2n) is 7.53. The predicted molar refractivity (Wildman–Crippen MR) is 108 cm³/mol. The number of amides is 1. The molecule has 0 spiro atoms. The Bertz CT molecular complexity index is 772. The van der Waals surface area contributed by atoms with E-state index in [1.165, 1.54) is 0 Å². The van der Waals surface area contributed by atoms with Gasteiger partial charge in [0, 0.05) is 19.4 Å². The number of hydrogen-bond acceptors (Lipinski definition) is 8. The Morgan fingerprint density at radius 1 is 1.13 bits per heavy atom. The molecule has 1 aromatic rings. The summed E-state index contributed by atoms with van der Waals surface area (Å²) in [6, 6.07) is -1.17. The highest BCUT2D eigenvalue weighted by Crippen LogP contribution is 2.31. The van der Waals surface area contributed by atoms with Crippen molar-refractivity contribution in [2.24, 2.45) is 5.92 Å². The maximum absolute atomic E-state index is 11.9. The van der Waals surface area contributed by atoms with Crippen LogP contribution >= 0.6 is 0 Å². The van der Waals surface area contributed by atoms with Gasteiger partial charge in [0.25, 0.3) is 0 Å². The number of nitrogens with one attached hydrogen (secondary N) is 2. The Morgan fingerprint density at radius 2 is 1.87 bits per heavy atom. The molecular weight excluding hydrogens is 394 g/mol. The van der Waals surface area contributed by atoms with E-state index in [4.69, 9.17) is 15.9 Å². The van der Waals surface area contributed by atoms with E-state index in [0.717, 1.165) is 32.2 Å². The minimum atomic E-state index is -1.23. The van der Waals surface area contributed by atoms with Crippen LogP contribution in [0.15, 0.2) is 0 Å². The number of carbonyl (C=O) groups excluding carboxylic acids is 1. The molecule has 0 saturated carbocycles. The molecule has 1 aromatic heterocycles. The Kier molecular flexibility index (Phi) is 8.63. The minimum absolute atomic E-state index is 0.0396. The zero-order valence-electron chi connectivity index (χ0n) is 16.8. The number of rotatable bonds is 12. The molecule has 30 heavy (non-hydrogen) atoms. The number of carboxylic acids is 2. The summed E-state index contributed by atoms with van der Waals surface area (Å²) >= 11 is 0. The highest BCUT2D eigenvalue weighted by Gasteiger charge is 2.23. The maximum atomic E-state index is 11.9. The van der Waals surface area contributed by atoms with Crippen LogP contribution in [0.4, 0.5) is 11.8 Å². The lowest BCUT2D eigenvalue weighted by Crippen LogP contribution is -2.41. The summed E-state index contributed by atoms with van der Waals surface area (Å²) in [6.45, 7) is 0.748. The number of aromatic hydroxyl groups is 1. The normalized spacial score (nSPS) is 16.2. The summed E-state index contributed by atoms with van der Waals surface area (Å²) in [4.78, 5) is 41.4. The van der Waals surface area contributed by atoms with Gasteiger partial charge in [-0.2, -0.15) is 9.97 Å². The number of aromatic nitrogens is 2. The highest BCUT2D eigenvalue weighted by atomic mass is 16.4. The van der Waals surface area contributed by atoms with Gasteiger partial charge < -0.3 is 31.7 Å². The summed E-state index contributed by atoms with van der Waals surface area (Å²) in [5, 5.41) is 33.2. The van der Waals surface area contributed by atoms with Crippen LogP contribution in [0.2, 0.25) is 0 Å². The summed E-state index contributed by atoms with van der Waals surface area (Å²) in [5.74, 6) is -1.81. The second kappa shape index (κ2) is 11.2. The van der Waals surface area contributed by atoms with Crippen molar-refractivity contribution in [3.8, 4) is 5.88 Å². The third kappa shape index (κ3) is 7.37. The Labute approximate surface area is 174 Å². The molecule has 0 radical (unpaired) electrons. The number of nitrogens with zero attached hydrogens (tertiary/aromatic N) is 2. The fraction of sp³-hybridized carbons (Fsp3) is 0.632. The summed E-state index contributed by atoms with van der Waals surface area (Å²) in [6.07, 6.45) is 4.78. The first-order chi connectivity index (χ1) is 14.3. The SMILES string of the molecule is Nc1nc(O)c2c(n1)NC[C@@H](CCCCCCC(=O)N[C@@H](CCC(=O)O)C(=O)O)C2. The molecule has 1 amide bonds. The van der Waals surface area contributed by atoms with Crippen LogP contribution in [0.3, 0.4) is 0 Å². The molecule has 166 valence electrons. The Balaban J connectivity index is 1.61. The van der Waals surface area contributed by atoms with Gasteiger partial charge in [0.2, 0.25) is 17.7 Å². The van der Waals surface area contributed by atoms with Crippen molar-refractivity contribution in [2.75, 3.05) is 17.6 Å². The number of hydrogen-bond donors (Lipinski definition) is 6. The number of aliphatic carboxylic acids is 2. The van der Waals surface area contributed by atoms with Crippen molar-refractivity contribution in [1.29, 1.82) is 0 Å². The lowest BCUT2D eigenvalue weighted by Gasteiger charge is -2.25. The molecular formula is C19H29N5O6. The molecule has 0 aromatic carbocycles. The molecule has 2 rings (SSSR count). The third-order valence-corrected chi connectivity index (χ3v) is 5.10. The van der Waals surface area contributed by atoms with Gasteiger partial charge in [-0.15, -0.1) is 0 Å². The largest absolute Gasteiger partial charge is 0.493 e. The van der Waals surface area contributed by atoms with Crippen LogP contribution in [-0.4, -0.2) is 55.7 Å². The lowest BCUT2D eigenvalue weighted by atomic mass is 9.91. The number of nitrogens with two attached hydrogens (primary N) is 1. The average Bonchev–Trinajstić information content (AvgIpc) is 2.67. The van der Waals surface area contributed by atoms with Gasteiger partial charge in [-0.1, -0.05) is 19.3 Å². The van der Waals surface area contributed by atoms with Crippen molar-refractivity contribution >= 4 is 29.6 Å². The summed E-state index contributed by atoms with van der Waals surface area (Å²) < 4.78 is 0. The number of unbranched alkanes of at least 4 members (excludes halogenated alkanes) is 3. The first-order valence-electron chi connectivity index (χ1n) is 10.1. The number of carboxylic acid groups (broad SMARTS) is 2. The van der Waals surface area contributed by atoms with Crippen LogP contribution < -0.4 is 16.4 Å². The molecule has 2 atom stereocenters. The molecule has 1 aliphatic rings. The van der Waals surface area contributed by atoms with Gasteiger partial charge in [-0.05, 0) is 31.6 Å². The number of nitrogen functional groups attached to an aromatic ring is 1. The second-order valence-corrected chi connectivity index (χ2v) is 7.53. The Hall–Kier alpha value is -3.11. The third-order valence-electron chi connectivity index (χ3n) is 5.10. The number of carbonyl (C=O) groups is 3. The van der Waals surface area contributed by atoms with Crippen LogP contribution in [-0.2, 0) is 20.8 Å². The highest BCUT2D eigenvalue weighted by molar-refractivity contribution is 5.83. The van der Waals surface area contributed by atoms with Crippen molar-refractivity contribution < 1.29 is 29.7 Å². The van der Waals surface area contributed by atoms with Gasteiger partial charge in [-0.3, -0.25) is 9.59 Å². The van der Waals surface area contributed by atoms with E-state index < -0.39 is 18.0 Å². The lowest BCUT2D eigenvalue weighted by molar-refractivity contribution is -0.143. The topological polar surface area (TPSA) is 188 Å². The van der Waals surface area contributed by atoms with E-state index in [2.05, 4.69) is 20.6 Å². The van der Waals surface area contributed by atoms with Gasteiger partial charge >= 0.3 is 11.9 Å². The smallest absolute Gasteiger partial charge is 0.326 e. The first-order valence-corrected chi connectivity index (χ1v) is 10.1. The molecule has 0 unspecified atom stereocenters. The summed E-state index contributed by atoms with van der Waals surface area (Å²) in [7, 11) is 0. The van der Waals surface area contributed by atoms with Crippen LogP contribution in [0.1, 0.15) is 56.9 Å². The van der Waals surface area contributed by atoms with Crippen LogP contribution in [0.25, 0.3) is 0 Å². The molecule has 2 heterocycles. The minimum Gasteiger partial charge on any atom is -0.493 e. The van der Waals surface area contributed by atoms with E-state index in [1.807, 2.05) is 0 Å². The molecule has 0 fully saturated rings. The fourth-order valence-corrected chi connectivity index (χ4v) is 3.49. The van der Waals surface area contributed by atoms with E-state index in [-0.39, 0.29) is 37.0 Å². The maximum Gasteiger partial charge on any atom is 0.326 e. The standard InChI is InChI=1S/C19H29N5O6/c20-19-23-16-12(17(28)24-19)9-11(10-21-16)5-3-1-2-4-6-14(25)22-13(18(29)30)7-8-15(26)27/h11,13H,1-10H2,(H,22,25)(H,26,27)(H,29,30)(H4,20,21,23,24,28)/t11-,13-/m0/s1. The molecule has 7 N–H and O–H groups in total. The van der Waals surface area contributed by atoms with Gasteiger partial charge in [0.15, 0.2) is 0 Å². The molecule has 0 bridgehead atoms. The summed E-state index contributed by atoms with van der Waals surface area (Å²) in [5.41, 5.74) is 6.22. The van der Waals surface area contributed by atoms with Crippen LogP contribution in [0, 0.1) is 5.92 Å². The molecule has 11 nitrogen and oxygen atoms in total. The molecule has 0 saturated heterocycles. The van der Waals surface area contributed by atoms with E-state index in [9.17, 15) is 19.5 Å². The monoisotopic (exact) mass is 423 g/mol. The van der Waals surface area contributed by atoms with Crippen molar-refractivity contribution in [2.45, 2.75) is 63.8 Å². The van der Waals surface area contributed by atoms with E-state index in [0.29, 0.717) is 30.1 Å². The quantitative estimate of drug-likeness (QED) is 0.266. The zero-order valence-corrected chi connectivity index (χ0v) is 16.8. The van der Waals surface area contributed by atoms with Gasteiger partial charge in [0.1, 0.15) is 11.9 Å². The predicted octanol–water partition coefficient (Wildman–Crippen LogP) is 1.12. The number of anilines is 2. The zero-order chi connectivity index (χ0) is 22.1. The first kappa shape index (κ1) is 23.2. The van der Waals surface area contributed by atoms with E-state index >= 15 is 0 Å². The van der Waals surface area contributed by atoms with Crippen molar-refractivity contribution in [3.63, 3.8) is 0 Å². The fourth-order valence-electron chi connectivity index (χ4n) is 3.49. The van der Waals surface area contributed by atoms with Crippen molar-refractivity contribution in [1.82, 2.24) is 15.3 Å². The average molecular weight is 423 g/mol. The van der Waals surface area contributed by atoms with Gasteiger partial charge in [-0.25, -0.2) is 4.79 Å². The van der Waals surface area contributed by atoms with E-state index in [1.54, 1.807) is 0 Å². The van der Waals surface area contributed by atoms with Crippen molar-refractivity contribution in [3.05, 3.63) is 5.56 Å². The molecule has 1 aliphatic heterocycles. The van der Waals surface area contributed by atoms with Crippen LogP contribution in [0.5, 0.6) is 5.88 Å². The molecule has 0 aliphatic carbocycles. The molecule has 11 heteroatoms.